The minimum atomic E-state index is -0.469. The Hall–Kier alpha value is -3.13. The predicted octanol–water partition coefficient (Wildman–Crippen LogP) is 5.69. The average Bonchev–Trinajstić information content (AvgIpc) is 3.34. The molecule has 208 valence electrons. The van der Waals surface area contributed by atoms with Crippen LogP contribution < -0.4 is 5.32 Å². The van der Waals surface area contributed by atoms with E-state index in [-0.39, 0.29) is 6.09 Å². The number of aryl methyl sites for hydroxylation is 1. The Bertz CT molecular complexity index is 1310. The molecule has 0 aromatic carbocycles. The van der Waals surface area contributed by atoms with Gasteiger partial charge in [0.1, 0.15) is 17.1 Å². The predicted molar refractivity (Wildman–Crippen MR) is 153 cm³/mol. The molecule has 1 amide bonds. The zero-order valence-electron chi connectivity index (χ0n) is 23.6. The van der Waals surface area contributed by atoms with Gasteiger partial charge in [-0.1, -0.05) is 12.1 Å². The molecular weight excluding hydrogens is 488 g/mol. The van der Waals surface area contributed by atoms with Crippen LogP contribution in [0.15, 0.2) is 42.7 Å². The molecule has 0 bridgehead atoms. The van der Waals surface area contributed by atoms with E-state index in [0.717, 1.165) is 69.1 Å². The van der Waals surface area contributed by atoms with Gasteiger partial charge >= 0.3 is 6.09 Å². The molecule has 1 N–H and O–H groups in total. The van der Waals surface area contributed by atoms with E-state index in [9.17, 15) is 4.79 Å². The normalized spacial score (nSPS) is 23.8. The molecule has 3 aromatic heterocycles. The number of carbonyl (C=O) groups excluding carboxylic acids is 1. The number of anilines is 1. The molecule has 39 heavy (non-hydrogen) atoms. The molecule has 0 saturated carbocycles. The van der Waals surface area contributed by atoms with Crippen molar-refractivity contribution in [2.24, 2.45) is 11.8 Å². The summed E-state index contributed by atoms with van der Waals surface area (Å²) in [6, 6.07) is 11.0. The molecule has 5 heterocycles. The number of ether oxygens (including phenoxy) is 1. The summed E-state index contributed by atoms with van der Waals surface area (Å²) in [6.07, 6.45) is 11.0. The summed E-state index contributed by atoms with van der Waals surface area (Å²) < 4.78 is 7.79. The van der Waals surface area contributed by atoms with E-state index in [1.807, 2.05) is 31.9 Å². The van der Waals surface area contributed by atoms with E-state index in [2.05, 4.69) is 51.1 Å². The lowest BCUT2D eigenvalue weighted by molar-refractivity contribution is 0.0172. The molecule has 1 aliphatic carbocycles. The topological polar surface area (TPSA) is 75.0 Å². The number of fused-ring (bicyclic) bond motifs is 4. The second-order valence-corrected chi connectivity index (χ2v) is 12.6. The van der Waals surface area contributed by atoms with Gasteiger partial charge in [-0.2, -0.15) is 0 Å². The number of nitrogens with zero attached hydrogens (tertiary/aromatic N) is 5. The first-order valence-corrected chi connectivity index (χ1v) is 14.7. The third-order valence-electron chi connectivity index (χ3n) is 8.50. The summed E-state index contributed by atoms with van der Waals surface area (Å²) in [7, 11) is 0. The molecule has 3 aliphatic rings. The molecule has 8 heteroatoms. The zero-order valence-corrected chi connectivity index (χ0v) is 23.6. The average molecular weight is 531 g/mol. The highest BCUT2D eigenvalue weighted by molar-refractivity contribution is 5.68. The fourth-order valence-electron chi connectivity index (χ4n) is 6.76. The number of aromatic nitrogens is 3. The number of imidazole rings is 1. The summed E-state index contributed by atoms with van der Waals surface area (Å²) >= 11 is 0. The van der Waals surface area contributed by atoms with Crippen molar-refractivity contribution < 1.29 is 9.53 Å². The number of rotatable bonds is 5. The van der Waals surface area contributed by atoms with Crippen LogP contribution in [0.1, 0.15) is 75.9 Å². The number of hydrogen-bond donors (Lipinski definition) is 1. The Labute approximate surface area is 231 Å². The van der Waals surface area contributed by atoms with E-state index in [4.69, 9.17) is 14.7 Å². The van der Waals surface area contributed by atoms with Crippen molar-refractivity contribution >= 4 is 17.6 Å². The molecular formula is C31H42N6O2. The Balaban J connectivity index is 1.14. The number of hydrogen-bond acceptors (Lipinski definition) is 6. The molecule has 2 aliphatic heterocycles. The molecule has 0 unspecified atom stereocenters. The summed E-state index contributed by atoms with van der Waals surface area (Å²) in [5, 5.41) is 3.66. The summed E-state index contributed by atoms with van der Waals surface area (Å²) in [5.41, 5.74) is 4.29. The van der Waals surface area contributed by atoms with Gasteiger partial charge in [0.25, 0.3) is 0 Å². The smallest absolute Gasteiger partial charge is 0.410 e. The molecule has 2 saturated heterocycles. The maximum Gasteiger partial charge on any atom is 0.410 e. The zero-order chi connectivity index (χ0) is 27.0. The van der Waals surface area contributed by atoms with Gasteiger partial charge in [0, 0.05) is 38.6 Å². The number of pyridine rings is 2. The molecule has 0 spiro atoms. The van der Waals surface area contributed by atoms with Crippen molar-refractivity contribution in [3.05, 3.63) is 59.7 Å². The number of carbonyl (C=O) groups is 1. The van der Waals surface area contributed by atoms with Crippen LogP contribution in [0.2, 0.25) is 0 Å². The largest absolute Gasteiger partial charge is 0.444 e. The van der Waals surface area contributed by atoms with Crippen molar-refractivity contribution in [2.75, 3.05) is 31.5 Å². The van der Waals surface area contributed by atoms with Crippen LogP contribution in [0.5, 0.6) is 0 Å². The van der Waals surface area contributed by atoms with Crippen LogP contribution in [0.25, 0.3) is 5.65 Å². The van der Waals surface area contributed by atoms with Crippen LogP contribution in [0, 0.1) is 11.8 Å². The Kier molecular flexibility index (Phi) is 7.23. The third kappa shape index (κ3) is 5.76. The van der Waals surface area contributed by atoms with Gasteiger partial charge in [-0.3, -0.25) is 14.3 Å². The van der Waals surface area contributed by atoms with Gasteiger partial charge in [-0.25, -0.2) is 9.78 Å². The second kappa shape index (κ2) is 10.8. The van der Waals surface area contributed by atoms with Gasteiger partial charge in [-0.15, -0.1) is 0 Å². The Morgan fingerprint density at radius 3 is 2.85 bits per heavy atom. The van der Waals surface area contributed by atoms with Gasteiger partial charge in [0.2, 0.25) is 0 Å². The fraction of sp³-hybridized carbons (Fsp3) is 0.581. The van der Waals surface area contributed by atoms with Crippen LogP contribution in [0.3, 0.4) is 0 Å². The van der Waals surface area contributed by atoms with Crippen LogP contribution in [-0.4, -0.2) is 62.0 Å². The lowest BCUT2D eigenvalue weighted by Gasteiger charge is -2.44. The van der Waals surface area contributed by atoms with E-state index < -0.39 is 5.60 Å². The Morgan fingerprint density at radius 2 is 1.97 bits per heavy atom. The minimum absolute atomic E-state index is 0.204. The van der Waals surface area contributed by atoms with Crippen molar-refractivity contribution in [3.8, 4) is 0 Å². The molecule has 6 rings (SSSR count). The highest BCUT2D eigenvalue weighted by atomic mass is 16.6. The van der Waals surface area contributed by atoms with Crippen molar-refractivity contribution in [1.82, 2.24) is 24.2 Å². The van der Waals surface area contributed by atoms with Crippen LogP contribution in [-0.2, 0) is 17.7 Å². The number of amides is 1. The molecule has 3 aromatic rings. The van der Waals surface area contributed by atoms with Gasteiger partial charge in [0.05, 0.1) is 17.4 Å². The lowest BCUT2D eigenvalue weighted by Crippen LogP contribution is -2.44. The quantitative estimate of drug-likeness (QED) is 0.457. The first-order valence-electron chi connectivity index (χ1n) is 14.7. The van der Waals surface area contributed by atoms with Crippen molar-refractivity contribution in [3.63, 3.8) is 0 Å². The van der Waals surface area contributed by atoms with Crippen molar-refractivity contribution in [1.29, 1.82) is 0 Å². The summed E-state index contributed by atoms with van der Waals surface area (Å²) in [4.78, 5) is 26.9. The monoisotopic (exact) mass is 530 g/mol. The lowest BCUT2D eigenvalue weighted by atomic mass is 9.77. The highest BCUT2D eigenvalue weighted by Gasteiger charge is 2.37. The maximum absolute atomic E-state index is 12.6. The number of likely N-dealkylation sites (tertiary alicyclic amines) is 2. The summed E-state index contributed by atoms with van der Waals surface area (Å²) in [5.74, 6) is 2.11. The van der Waals surface area contributed by atoms with Crippen LogP contribution >= 0.6 is 0 Å². The van der Waals surface area contributed by atoms with E-state index >= 15 is 0 Å². The first kappa shape index (κ1) is 26.1. The molecule has 0 radical (unpaired) electrons. The maximum atomic E-state index is 12.6. The Morgan fingerprint density at radius 1 is 1.10 bits per heavy atom. The van der Waals surface area contributed by atoms with Crippen LogP contribution in [0.4, 0.5) is 10.6 Å². The minimum Gasteiger partial charge on any atom is -0.444 e. The third-order valence-corrected chi connectivity index (χ3v) is 8.50. The molecule has 8 nitrogen and oxygen atoms in total. The summed E-state index contributed by atoms with van der Waals surface area (Å²) in [6.45, 7) is 9.99. The fourth-order valence-corrected chi connectivity index (χ4v) is 6.76. The SMILES string of the molecule is CC(C)(C)OC(=O)N1CCC[C@@H](CNc2cccc3nc(CN4CCC[C@H]5CCc6cccnc6[C@H]54)cn23)C1. The van der Waals surface area contributed by atoms with Crippen molar-refractivity contribution in [2.45, 2.75) is 77.5 Å². The second-order valence-electron chi connectivity index (χ2n) is 12.6. The van der Waals surface area contributed by atoms with Gasteiger partial charge in [0.15, 0.2) is 0 Å². The van der Waals surface area contributed by atoms with Gasteiger partial charge in [-0.05, 0) is 101 Å². The first-order chi connectivity index (χ1) is 18.8. The van der Waals surface area contributed by atoms with E-state index in [1.54, 1.807) is 0 Å². The highest BCUT2D eigenvalue weighted by Crippen LogP contribution is 2.43. The standard InChI is InChI=1S/C31H42N6O2/c1-31(2,3)39-30(38)36-17-6-8-22(19-36)18-33-26-11-4-12-27-34-25(21-37(26)27)20-35-16-7-10-24-14-13-23-9-5-15-32-28(23)29(24)35/h4-5,9,11-12,15,21-22,24,29,33H,6-8,10,13-14,16-20H2,1-3H3/t22-,24-,29-/m0/s1. The molecule has 3 atom stereocenters. The number of piperidine rings is 2. The van der Waals surface area contributed by atoms with E-state index in [1.165, 1.54) is 30.5 Å². The molecule has 2 fully saturated rings. The van der Waals surface area contributed by atoms with E-state index in [0.29, 0.717) is 17.9 Å². The van der Waals surface area contributed by atoms with Gasteiger partial charge < -0.3 is 15.0 Å². The number of nitrogens with one attached hydrogen (secondary N) is 1.